The fraction of sp³-hybridized carbons (Fsp3) is 0.667. The molecule has 1 fully saturated rings. The molecule has 2 rings (SSSR count). The van der Waals surface area contributed by atoms with Crippen LogP contribution in [0.5, 0.6) is 0 Å². The van der Waals surface area contributed by atoms with Crippen molar-refractivity contribution in [3.8, 4) is 0 Å². The number of amides is 1. The number of hydrogen-bond donors (Lipinski definition) is 2. The van der Waals surface area contributed by atoms with Gasteiger partial charge in [-0.15, -0.1) is 11.3 Å². The second-order valence-electron chi connectivity index (χ2n) is 4.56. The molecule has 0 aromatic carbocycles. The number of hydrogen-bond acceptors (Lipinski definition) is 4. The Balaban J connectivity index is 1.89. The van der Waals surface area contributed by atoms with E-state index in [1.807, 2.05) is 19.2 Å². The third kappa shape index (κ3) is 3.26. The number of nitrogens with zero attached hydrogens (tertiary/aromatic N) is 1. The van der Waals surface area contributed by atoms with Gasteiger partial charge in [-0.05, 0) is 33.2 Å². The van der Waals surface area contributed by atoms with Crippen LogP contribution in [0.1, 0.15) is 42.9 Å². The van der Waals surface area contributed by atoms with E-state index in [0.29, 0.717) is 0 Å². The summed E-state index contributed by atoms with van der Waals surface area (Å²) in [6, 6.07) is -0.0165. The van der Waals surface area contributed by atoms with Crippen molar-refractivity contribution < 1.29 is 4.79 Å². The average molecular weight is 253 g/mol. The molecule has 94 valence electrons. The fourth-order valence-electron chi connectivity index (χ4n) is 2.02. The van der Waals surface area contributed by atoms with E-state index in [1.165, 1.54) is 6.42 Å². The number of carbonyl (C=O) groups is 1. The maximum absolute atomic E-state index is 12.0. The van der Waals surface area contributed by atoms with Gasteiger partial charge in [-0.25, -0.2) is 4.98 Å². The molecule has 1 aromatic rings. The summed E-state index contributed by atoms with van der Waals surface area (Å²) in [6.07, 6.45) is 3.25. The lowest BCUT2D eigenvalue weighted by Crippen LogP contribution is -2.47. The minimum absolute atomic E-state index is 0.00456. The Morgan fingerprint density at radius 1 is 1.65 bits per heavy atom. The molecular weight excluding hydrogens is 234 g/mol. The molecule has 1 amide bonds. The van der Waals surface area contributed by atoms with Gasteiger partial charge in [0.15, 0.2) is 0 Å². The van der Waals surface area contributed by atoms with Crippen molar-refractivity contribution in [2.24, 2.45) is 0 Å². The maximum Gasteiger partial charge on any atom is 0.237 e. The topological polar surface area (TPSA) is 54.0 Å². The number of piperidine rings is 1. The predicted molar refractivity (Wildman–Crippen MR) is 69.1 cm³/mol. The molecule has 1 saturated heterocycles. The van der Waals surface area contributed by atoms with Crippen molar-refractivity contribution in [3.63, 3.8) is 0 Å². The van der Waals surface area contributed by atoms with Crippen molar-refractivity contribution in [2.75, 3.05) is 6.54 Å². The summed E-state index contributed by atoms with van der Waals surface area (Å²) in [7, 11) is 0. The van der Waals surface area contributed by atoms with Crippen molar-refractivity contribution in [1.82, 2.24) is 15.6 Å². The van der Waals surface area contributed by atoms with E-state index in [4.69, 9.17) is 0 Å². The molecule has 0 radical (unpaired) electrons. The Morgan fingerprint density at radius 2 is 2.47 bits per heavy atom. The number of thiazole rings is 1. The van der Waals surface area contributed by atoms with Gasteiger partial charge in [-0.2, -0.15) is 0 Å². The molecule has 2 heterocycles. The molecule has 1 aromatic heterocycles. The van der Waals surface area contributed by atoms with Gasteiger partial charge >= 0.3 is 0 Å². The van der Waals surface area contributed by atoms with Gasteiger partial charge in [0.2, 0.25) is 5.91 Å². The van der Waals surface area contributed by atoms with Crippen LogP contribution < -0.4 is 10.6 Å². The van der Waals surface area contributed by atoms with Crippen LogP contribution in [0.3, 0.4) is 0 Å². The predicted octanol–water partition coefficient (Wildman–Crippen LogP) is 1.77. The first kappa shape index (κ1) is 12.5. The summed E-state index contributed by atoms with van der Waals surface area (Å²) < 4.78 is 0. The molecule has 0 saturated carbocycles. The minimum Gasteiger partial charge on any atom is -0.346 e. The van der Waals surface area contributed by atoms with Gasteiger partial charge in [0, 0.05) is 11.1 Å². The number of aromatic nitrogens is 1. The maximum atomic E-state index is 12.0. The standard InChI is InChI=1S/C12H19N3OS/c1-8-7-17-12(14-8)9(2)15-11(16)10-5-3-4-6-13-10/h7,9-10,13H,3-6H2,1-2H3,(H,15,16)/t9?,10-/m1/s1. The highest BCUT2D eigenvalue weighted by molar-refractivity contribution is 7.09. The molecule has 17 heavy (non-hydrogen) atoms. The average Bonchev–Trinajstić information content (AvgIpc) is 2.77. The summed E-state index contributed by atoms with van der Waals surface area (Å²) in [5, 5.41) is 9.27. The number of rotatable bonds is 3. The fourth-order valence-corrected chi connectivity index (χ4v) is 2.83. The Kier molecular flexibility index (Phi) is 4.12. The lowest BCUT2D eigenvalue weighted by atomic mass is 10.0. The molecule has 0 bridgehead atoms. The van der Waals surface area contributed by atoms with Crippen LogP contribution in [0, 0.1) is 6.92 Å². The van der Waals surface area contributed by atoms with Crippen LogP contribution in [-0.4, -0.2) is 23.5 Å². The number of carbonyl (C=O) groups excluding carboxylic acids is 1. The van der Waals surface area contributed by atoms with Gasteiger partial charge in [-0.3, -0.25) is 4.79 Å². The first-order chi connectivity index (χ1) is 8.16. The summed E-state index contributed by atoms with van der Waals surface area (Å²) in [5.41, 5.74) is 1.02. The highest BCUT2D eigenvalue weighted by atomic mass is 32.1. The first-order valence-corrected chi connectivity index (χ1v) is 7.00. The van der Waals surface area contributed by atoms with E-state index in [-0.39, 0.29) is 18.0 Å². The first-order valence-electron chi connectivity index (χ1n) is 6.12. The van der Waals surface area contributed by atoms with Crippen molar-refractivity contribution in [3.05, 3.63) is 16.1 Å². The quantitative estimate of drug-likeness (QED) is 0.863. The zero-order valence-electron chi connectivity index (χ0n) is 10.3. The normalized spacial score (nSPS) is 22.1. The van der Waals surface area contributed by atoms with Crippen LogP contribution in [0.2, 0.25) is 0 Å². The van der Waals surface area contributed by atoms with E-state index >= 15 is 0 Å². The SMILES string of the molecule is Cc1csc(C(C)NC(=O)[C@H]2CCCCN2)n1. The van der Waals surface area contributed by atoms with Crippen LogP contribution in [0.25, 0.3) is 0 Å². The molecule has 1 aliphatic rings. The molecule has 5 heteroatoms. The summed E-state index contributed by atoms with van der Waals surface area (Å²) >= 11 is 1.60. The van der Waals surface area contributed by atoms with Crippen LogP contribution in [-0.2, 0) is 4.79 Å². The number of nitrogens with one attached hydrogen (secondary N) is 2. The second kappa shape index (κ2) is 5.60. The van der Waals surface area contributed by atoms with Gasteiger partial charge in [0.25, 0.3) is 0 Å². The van der Waals surface area contributed by atoms with E-state index in [9.17, 15) is 4.79 Å². The van der Waals surface area contributed by atoms with Crippen LogP contribution in [0.4, 0.5) is 0 Å². The summed E-state index contributed by atoms with van der Waals surface area (Å²) in [6.45, 7) is 4.90. The largest absolute Gasteiger partial charge is 0.346 e. The number of aryl methyl sites for hydroxylation is 1. The smallest absolute Gasteiger partial charge is 0.237 e. The van der Waals surface area contributed by atoms with Crippen LogP contribution >= 0.6 is 11.3 Å². The molecule has 2 N–H and O–H groups in total. The molecule has 2 atom stereocenters. The summed E-state index contributed by atoms with van der Waals surface area (Å²) in [4.78, 5) is 16.4. The minimum atomic E-state index is -0.0211. The zero-order chi connectivity index (χ0) is 12.3. The lowest BCUT2D eigenvalue weighted by Gasteiger charge is -2.24. The van der Waals surface area contributed by atoms with Gasteiger partial charge in [0.05, 0.1) is 12.1 Å². The van der Waals surface area contributed by atoms with E-state index in [2.05, 4.69) is 15.6 Å². The monoisotopic (exact) mass is 253 g/mol. The molecular formula is C12H19N3OS. The van der Waals surface area contributed by atoms with Crippen molar-refractivity contribution in [1.29, 1.82) is 0 Å². The van der Waals surface area contributed by atoms with Crippen molar-refractivity contribution in [2.45, 2.75) is 45.2 Å². The van der Waals surface area contributed by atoms with E-state index in [0.717, 1.165) is 30.1 Å². The van der Waals surface area contributed by atoms with Gasteiger partial charge < -0.3 is 10.6 Å². The van der Waals surface area contributed by atoms with Gasteiger partial charge in [0.1, 0.15) is 5.01 Å². The van der Waals surface area contributed by atoms with Gasteiger partial charge in [-0.1, -0.05) is 6.42 Å². The molecule has 0 spiro atoms. The third-order valence-corrected chi connectivity index (χ3v) is 4.14. The summed E-state index contributed by atoms with van der Waals surface area (Å²) in [5.74, 6) is 0.102. The Hall–Kier alpha value is -0.940. The molecule has 1 unspecified atom stereocenters. The van der Waals surface area contributed by atoms with E-state index in [1.54, 1.807) is 11.3 Å². The molecule has 1 aliphatic heterocycles. The highest BCUT2D eigenvalue weighted by Gasteiger charge is 2.22. The third-order valence-electron chi connectivity index (χ3n) is 2.99. The second-order valence-corrected chi connectivity index (χ2v) is 5.45. The Labute approximate surface area is 106 Å². The molecule has 0 aliphatic carbocycles. The Morgan fingerprint density at radius 3 is 3.06 bits per heavy atom. The molecule has 4 nitrogen and oxygen atoms in total. The zero-order valence-corrected chi connectivity index (χ0v) is 11.1. The Bertz CT molecular complexity index is 385. The lowest BCUT2D eigenvalue weighted by molar-refractivity contribution is -0.124. The van der Waals surface area contributed by atoms with Crippen molar-refractivity contribution >= 4 is 17.2 Å². The van der Waals surface area contributed by atoms with E-state index < -0.39 is 0 Å². The van der Waals surface area contributed by atoms with Crippen LogP contribution in [0.15, 0.2) is 5.38 Å². The highest BCUT2D eigenvalue weighted by Crippen LogP contribution is 2.18.